The van der Waals surface area contributed by atoms with E-state index in [4.69, 9.17) is 5.73 Å². The van der Waals surface area contributed by atoms with E-state index in [-0.39, 0.29) is 0 Å². The maximum absolute atomic E-state index is 11.2. The Morgan fingerprint density at radius 1 is 1.24 bits per heavy atom. The molecular weight excluding hydrogens is 232 g/mol. The SMILES string of the molecule is NCCc1ccc(NC2CCS(=O)CC2)cc1. The summed E-state index contributed by atoms with van der Waals surface area (Å²) >= 11 is 0. The highest BCUT2D eigenvalue weighted by Crippen LogP contribution is 2.17. The molecule has 1 saturated heterocycles. The molecule has 0 radical (unpaired) electrons. The van der Waals surface area contributed by atoms with E-state index in [1.165, 1.54) is 5.56 Å². The molecule has 0 aliphatic carbocycles. The Balaban J connectivity index is 1.88. The molecule has 0 atom stereocenters. The quantitative estimate of drug-likeness (QED) is 0.854. The highest BCUT2D eigenvalue weighted by Gasteiger charge is 2.17. The first-order chi connectivity index (χ1) is 8.28. The van der Waals surface area contributed by atoms with Crippen LogP contribution in [0.5, 0.6) is 0 Å². The van der Waals surface area contributed by atoms with Crippen molar-refractivity contribution in [2.75, 3.05) is 23.4 Å². The second-order valence-corrected chi connectivity index (χ2v) is 6.20. The lowest BCUT2D eigenvalue weighted by Crippen LogP contribution is -2.29. The standard InChI is InChI=1S/C13H20N2OS/c14-8-5-11-1-3-12(4-2-11)15-13-6-9-17(16)10-7-13/h1-4,13,15H,5-10,14H2. The highest BCUT2D eigenvalue weighted by atomic mass is 32.2. The lowest BCUT2D eigenvalue weighted by Gasteiger charge is -2.23. The van der Waals surface area contributed by atoms with Crippen LogP contribution < -0.4 is 11.1 Å². The van der Waals surface area contributed by atoms with E-state index in [1.807, 2.05) is 0 Å². The van der Waals surface area contributed by atoms with Crippen LogP contribution in [0.3, 0.4) is 0 Å². The Morgan fingerprint density at radius 2 is 1.88 bits per heavy atom. The second kappa shape index (κ2) is 6.17. The number of hydrogen-bond acceptors (Lipinski definition) is 3. The molecule has 2 rings (SSSR count). The summed E-state index contributed by atoms with van der Waals surface area (Å²) in [5.41, 5.74) is 7.95. The minimum Gasteiger partial charge on any atom is -0.382 e. The van der Waals surface area contributed by atoms with Crippen molar-refractivity contribution in [3.8, 4) is 0 Å². The first-order valence-electron chi connectivity index (χ1n) is 6.18. The van der Waals surface area contributed by atoms with Gasteiger partial charge in [0.1, 0.15) is 0 Å². The molecule has 17 heavy (non-hydrogen) atoms. The van der Waals surface area contributed by atoms with E-state index in [0.29, 0.717) is 12.6 Å². The number of nitrogens with one attached hydrogen (secondary N) is 1. The number of benzene rings is 1. The predicted octanol–water partition coefficient (Wildman–Crippen LogP) is 1.51. The smallest absolute Gasteiger partial charge is 0.0342 e. The van der Waals surface area contributed by atoms with E-state index >= 15 is 0 Å². The van der Waals surface area contributed by atoms with Crippen LogP contribution in [0.2, 0.25) is 0 Å². The molecule has 0 amide bonds. The van der Waals surface area contributed by atoms with Crippen LogP contribution in [-0.4, -0.2) is 28.3 Å². The van der Waals surface area contributed by atoms with Gasteiger partial charge in [0.25, 0.3) is 0 Å². The molecule has 4 heteroatoms. The molecule has 3 nitrogen and oxygen atoms in total. The summed E-state index contributed by atoms with van der Waals surface area (Å²) in [6.07, 6.45) is 2.96. The van der Waals surface area contributed by atoms with Gasteiger partial charge in [0.2, 0.25) is 0 Å². The molecule has 1 aliphatic heterocycles. The molecule has 0 spiro atoms. The first-order valence-corrected chi connectivity index (χ1v) is 7.67. The van der Waals surface area contributed by atoms with Crippen LogP contribution in [0.1, 0.15) is 18.4 Å². The Labute approximate surface area is 105 Å². The van der Waals surface area contributed by atoms with Gasteiger partial charge in [-0.05, 0) is 43.5 Å². The molecular formula is C13H20N2OS. The Hall–Kier alpha value is -0.870. The van der Waals surface area contributed by atoms with Crippen molar-refractivity contribution in [1.82, 2.24) is 0 Å². The minimum atomic E-state index is -0.579. The van der Waals surface area contributed by atoms with Crippen molar-refractivity contribution in [2.45, 2.75) is 25.3 Å². The van der Waals surface area contributed by atoms with E-state index in [0.717, 1.165) is 36.5 Å². The number of hydrogen-bond donors (Lipinski definition) is 2. The summed E-state index contributed by atoms with van der Waals surface area (Å²) in [6.45, 7) is 0.696. The van der Waals surface area contributed by atoms with E-state index in [2.05, 4.69) is 29.6 Å². The van der Waals surface area contributed by atoms with Crippen molar-refractivity contribution in [2.24, 2.45) is 5.73 Å². The molecule has 1 aromatic carbocycles. The van der Waals surface area contributed by atoms with Gasteiger partial charge in [-0.25, -0.2) is 0 Å². The fourth-order valence-corrected chi connectivity index (χ4v) is 3.41. The lowest BCUT2D eigenvalue weighted by molar-refractivity contribution is 0.624. The highest BCUT2D eigenvalue weighted by molar-refractivity contribution is 7.85. The lowest BCUT2D eigenvalue weighted by atomic mass is 10.1. The summed E-state index contributed by atoms with van der Waals surface area (Å²) in [4.78, 5) is 0. The molecule has 0 saturated carbocycles. The Bertz CT molecular complexity index is 368. The molecule has 1 heterocycles. The Morgan fingerprint density at radius 3 is 2.47 bits per heavy atom. The summed E-state index contributed by atoms with van der Waals surface area (Å²) in [5.74, 6) is 1.67. The van der Waals surface area contributed by atoms with E-state index in [9.17, 15) is 4.21 Å². The van der Waals surface area contributed by atoms with Gasteiger partial charge in [-0.2, -0.15) is 0 Å². The van der Waals surface area contributed by atoms with Gasteiger partial charge in [-0.3, -0.25) is 4.21 Å². The van der Waals surface area contributed by atoms with Gasteiger partial charge in [0, 0.05) is 34.0 Å². The van der Waals surface area contributed by atoms with E-state index in [1.54, 1.807) is 0 Å². The van der Waals surface area contributed by atoms with Gasteiger partial charge in [-0.1, -0.05) is 12.1 Å². The maximum atomic E-state index is 11.2. The fraction of sp³-hybridized carbons (Fsp3) is 0.538. The van der Waals surface area contributed by atoms with Crippen molar-refractivity contribution in [3.63, 3.8) is 0 Å². The normalized spacial score (nSPS) is 24.5. The predicted molar refractivity (Wildman–Crippen MR) is 73.7 cm³/mol. The van der Waals surface area contributed by atoms with Gasteiger partial charge in [0.05, 0.1) is 0 Å². The van der Waals surface area contributed by atoms with Crippen LogP contribution >= 0.6 is 0 Å². The third-order valence-electron chi connectivity index (χ3n) is 3.15. The van der Waals surface area contributed by atoms with Gasteiger partial charge >= 0.3 is 0 Å². The number of rotatable bonds is 4. The molecule has 0 aromatic heterocycles. The molecule has 1 fully saturated rings. The van der Waals surface area contributed by atoms with Crippen LogP contribution in [0.25, 0.3) is 0 Å². The van der Waals surface area contributed by atoms with Gasteiger partial charge in [0.15, 0.2) is 0 Å². The summed E-state index contributed by atoms with van der Waals surface area (Å²) in [6, 6.07) is 8.94. The summed E-state index contributed by atoms with van der Waals surface area (Å²) < 4.78 is 11.2. The van der Waals surface area contributed by atoms with Crippen molar-refractivity contribution in [1.29, 1.82) is 0 Å². The van der Waals surface area contributed by atoms with Gasteiger partial charge < -0.3 is 11.1 Å². The van der Waals surface area contributed by atoms with E-state index < -0.39 is 10.8 Å². The number of nitrogens with two attached hydrogens (primary N) is 1. The third-order valence-corrected chi connectivity index (χ3v) is 4.53. The molecule has 0 bridgehead atoms. The van der Waals surface area contributed by atoms with Crippen LogP contribution in [0.15, 0.2) is 24.3 Å². The molecule has 1 aromatic rings. The van der Waals surface area contributed by atoms with Crippen LogP contribution in [0.4, 0.5) is 5.69 Å². The number of anilines is 1. The molecule has 1 aliphatic rings. The van der Waals surface area contributed by atoms with Crippen molar-refractivity contribution in [3.05, 3.63) is 29.8 Å². The van der Waals surface area contributed by atoms with Crippen LogP contribution in [0, 0.1) is 0 Å². The largest absolute Gasteiger partial charge is 0.382 e. The zero-order valence-corrected chi connectivity index (χ0v) is 10.8. The molecule has 94 valence electrons. The topological polar surface area (TPSA) is 55.1 Å². The maximum Gasteiger partial charge on any atom is 0.0342 e. The second-order valence-electron chi connectivity index (χ2n) is 4.50. The zero-order chi connectivity index (χ0) is 12.1. The average molecular weight is 252 g/mol. The van der Waals surface area contributed by atoms with Crippen molar-refractivity contribution < 1.29 is 4.21 Å². The van der Waals surface area contributed by atoms with Gasteiger partial charge in [-0.15, -0.1) is 0 Å². The summed E-state index contributed by atoms with van der Waals surface area (Å²) in [5, 5.41) is 3.51. The van der Waals surface area contributed by atoms with Crippen LogP contribution in [-0.2, 0) is 17.2 Å². The third kappa shape index (κ3) is 3.82. The molecule has 0 unspecified atom stereocenters. The fourth-order valence-electron chi connectivity index (χ4n) is 2.11. The monoisotopic (exact) mass is 252 g/mol. The van der Waals surface area contributed by atoms with Crippen molar-refractivity contribution >= 4 is 16.5 Å². The zero-order valence-electron chi connectivity index (χ0n) is 10.0. The summed E-state index contributed by atoms with van der Waals surface area (Å²) in [7, 11) is -0.579. The minimum absolute atomic E-state index is 0.480. The molecule has 3 N–H and O–H groups in total. The average Bonchev–Trinajstić information content (AvgIpc) is 2.35. The first kappa shape index (κ1) is 12.6. The Kier molecular flexibility index (Phi) is 4.57.